The normalized spacial score (nSPS) is 12.9. The Morgan fingerprint density at radius 2 is 2.40 bits per heavy atom. The predicted octanol–water partition coefficient (Wildman–Crippen LogP) is 0.0820. The number of nitrogens with zero attached hydrogens (tertiary/aromatic N) is 4. The van der Waals surface area contributed by atoms with E-state index >= 15 is 0 Å². The lowest BCUT2D eigenvalue weighted by Gasteiger charge is -2.08. The first-order valence-corrected chi connectivity index (χ1v) is 4.73. The van der Waals surface area contributed by atoms with Gasteiger partial charge in [-0.05, 0) is 13.8 Å². The molecular weight excluding hydrogens is 194 g/mol. The van der Waals surface area contributed by atoms with E-state index < -0.39 is 0 Å². The molecule has 2 rings (SSSR count). The molecule has 7 nitrogen and oxygen atoms in total. The molecule has 7 heteroatoms. The van der Waals surface area contributed by atoms with Crippen LogP contribution in [-0.4, -0.2) is 30.6 Å². The lowest BCUT2D eigenvalue weighted by atomic mass is 10.3. The van der Waals surface area contributed by atoms with Gasteiger partial charge >= 0.3 is 0 Å². The lowest BCUT2D eigenvalue weighted by molar-refractivity contribution is 0.541. The van der Waals surface area contributed by atoms with Gasteiger partial charge in [0.15, 0.2) is 5.82 Å². The Balaban J connectivity index is 1.91. The van der Waals surface area contributed by atoms with E-state index in [1.54, 1.807) is 6.33 Å². The molecular formula is C8H13N7. The van der Waals surface area contributed by atoms with Crippen molar-refractivity contribution in [3.63, 3.8) is 0 Å². The monoisotopic (exact) mass is 207 g/mol. The number of H-pyrrole nitrogens is 2. The van der Waals surface area contributed by atoms with Crippen LogP contribution in [0.15, 0.2) is 6.33 Å². The van der Waals surface area contributed by atoms with Crippen molar-refractivity contribution < 1.29 is 0 Å². The molecule has 80 valence electrons. The van der Waals surface area contributed by atoms with Crippen LogP contribution in [0.2, 0.25) is 0 Å². The van der Waals surface area contributed by atoms with Crippen LogP contribution in [0.1, 0.15) is 30.2 Å². The number of nitrogens with one attached hydrogen (secondary N) is 3. The van der Waals surface area contributed by atoms with Gasteiger partial charge in [-0.2, -0.15) is 5.21 Å². The van der Waals surface area contributed by atoms with Crippen molar-refractivity contribution >= 4 is 0 Å². The molecule has 0 fully saturated rings. The first kappa shape index (κ1) is 9.78. The number of aryl methyl sites for hydroxylation is 1. The van der Waals surface area contributed by atoms with Gasteiger partial charge in [-0.15, -0.1) is 10.2 Å². The third-order valence-electron chi connectivity index (χ3n) is 2.26. The van der Waals surface area contributed by atoms with E-state index in [0.29, 0.717) is 12.4 Å². The number of imidazole rings is 1. The third-order valence-corrected chi connectivity index (χ3v) is 2.26. The molecule has 0 spiro atoms. The lowest BCUT2D eigenvalue weighted by Crippen LogP contribution is -2.20. The van der Waals surface area contributed by atoms with Crippen LogP contribution in [0, 0.1) is 6.92 Å². The van der Waals surface area contributed by atoms with E-state index in [2.05, 4.69) is 35.9 Å². The maximum absolute atomic E-state index is 4.19. The number of tetrazole rings is 1. The Labute approximate surface area is 86.7 Å². The maximum Gasteiger partial charge on any atom is 0.191 e. The Bertz CT molecular complexity index is 404. The Morgan fingerprint density at radius 1 is 1.53 bits per heavy atom. The fraction of sp³-hybridized carbons (Fsp3) is 0.500. The van der Waals surface area contributed by atoms with E-state index in [1.165, 1.54) is 0 Å². The summed E-state index contributed by atoms with van der Waals surface area (Å²) < 4.78 is 0. The van der Waals surface area contributed by atoms with Crippen molar-refractivity contribution in [3.05, 3.63) is 23.5 Å². The molecule has 0 aliphatic rings. The molecule has 0 aliphatic heterocycles. The fourth-order valence-electron chi connectivity index (χ4n) is 1.26. The molecule has 0 radical (unpaired) electrons. The zero-order valence-electron chi connectivity index (χ0n) is 8.65. The topological polar surface area (TPSA) is 95.2 Å². The van der Waals surface area contributed by atoms with Crippen LogP contribution < -0.4 is 5.32 Å². The number of aromatic nitrogens is 6. The summed E-state index contributed by atoms with van der Waals surface area (Å²) in [4.78, 5) is 7.21. The van der Waals surface area contributed by atoms with Crippen molar-refractivity contribution in [3.8, 4) is 0 Å². The number of rotatable bonds is 4. The molecule has 0 saturated carbocycles. The molecule has 1 atom stereocenters. The average Bonchev–Trinajstić information content (AvgIpc) is 2.85. The number of aromatic amines is 2. The maximum atomic E-state index is 4.19. The van der Waals surface area contributed by atoms with Gasteiger partial charge in [0.25, 0.3) is 0 Å². The average molecular weight is 207 g/mol. The van der Waals surface area contributed by atoms with Crippen molar-refractivity contribution in [2.24, 2.45) is 0 Å². The zero-order valence-corrected chi connectivity index (χ0v) is 8.65. The first-order chi connectivity index (χ1) is 7.27. The zero-order chi connectivity index (χ0) is 10.7. The second-order valence-electron chi connectivity index (χ2n) is 3.35. The molecule has 2 aromatic rings. The fourth-order valence-corrected chi connectivity index (χ4v) is 1.26. The highest BCUT2D eigenvalue weighted by Crippen LogP contribution is 2.06. The van der Waals surface area contributed by atoms with Gasteiger partial charge in [-0.3, -0.25) is 0 Å². The van der Waals surface area contributed by atoms with Gasteiger partial charge in [0.05, 0.1) is 18.1 Å². The van der Waals surface area contributed by atoms with Crippen LogP contribution >= 0.6 is 0 Å². The smallest absolute Gasteiger partial charge is 0.191 e. The summed E-state index contributed by atoms with van der Waals surface area (Å²) in [5.41, 5.74) is 2.08. The van der Waals surface area contributed by atoms with E-state index in [0.717, 1.165) is 11.4 Å². The Kier molecular flexibility index (Phi) is 2.72. The Morgan fingerprint density at radius 3 is 3.00 bits per heavy atom. The van der Waals surface area contributed by atoms with Crippen LogP contribution in [0.5, 0.6) is 0 Å². The van der Waals surface area contributed by atoms with Gasteiger partial charge < -0.3 is 10.3 Å². The van der Waals surface area contributed by atoms with E-state index in [-0.39, 0.29) is 6.04 Å². The second kappa shape index (κ2) is 4.18. The minimum atomic E-state index is 0.0554. The minimum Gasteiger partial charge on any atom is -0.348 e. The summed E-state index contributed by atoms with van der Waals surface area (Å²) in [6.07, 6.45) is 1.69. The molecule has 0 saturated heterocycles. The van der Waals surface area contributed by atoms with Gasteiger partial charge in [0.1, 0.15) is 0 Å². The van der Waals surface area contributed by atoms with Gasteiger partial charge in [0, 0.05) is 12.2 Å². The van der Waals surface area contributed by atoms with E-state index in [4.69, 9.17) is 0 Å². The highest BCUT2D eigenvalue weighted by Gasteiger charge is 2.10. The molecule has 0 aromatic carbocycles. The summed E-state index contributed by atoms with van der Waals surface area (Å²) in [5, 5.41) is 17.0. The molecule has 0 amide bonds. The highest BCUT2D eigenvalue weighted by atomic mass is 15.5. The summed E-state index contributed by atoms with van der Waals surface area (Å²) in [5.74, 6) is 0.656. The summed E-state index contributed by atoms with van der Waals surface area (Å²) >= 11 is 0. The summed E-state index contributed by atoms with van der Waals surface area (Å²) in [7, 11) is 0. The predicted molar refractivity (Wildman–Crippen MR) is 52.8 cm³/mol. The van der Waals surface area contributed by atoms with Crippen molar-refractivity contribution in [2.75, 3.05) is 0 Å². The van der Waals surface area contributed by atoms with E-state index in [1.807, 2.05) is 13.8 Å². The number of hydrogen-bond acceptors (Lipinski definition) is 5. The summed E-state index contributed by atoms with van der Waals surface area (Å²) in [6.45, 7) is 4.65. The van der Waals surface area contributed by atoms with Crippen LogP contribution in [-0.2, 0) is 6.54 Å². The minimum absolute atomic E-state index is 0.0554. The quantitative estimate of drug-likeness (QED) is 0.660. The van der Waals surface area contributed by atoms with Crippen LogP contribution in [0.4, 0.5) is 0 Å². The van der Waals surface area contributed by atoms with Gasteiger partial charge in [-0.1, -0.05) is 5.21 Å². The van der Waals surface area contributed by atoms with Crippen molar-refractivity contribution in [2.45, 2.75) is 26.4 Å². The molecule has 1 unspecified atom stereocenters. The molecule has 2 aromatic heterocycles. The molecule has 0 aliphatic carbocycles. The third kappa shape index (κ3) is 2.18. The van der Waals surface area contributed by atoms with Crippen LogP contribution in [0.3, 0.4) is 0 Å². The SMILES string of the molecule is Cc1[nH]cnc1CNC(C)c1nn[nH]n1. The van der Waals surface area contributed by atoms with Gasteiger partial charge in [-0.25, -0.2) is 4.98 Å². The first-order valence-electron chi connectivity index (χ1n) is 4.73. The van der Waals surface area contributed by atoms with Crippen molar-refractivity contribution in [1.29, 1.82) is 0 Å². The van der Waals surface area contributed by atoms with Crippen molar-refractivity contribution in [1.82, 2.24) is 35.9 Å². The standard InChI is InChI=1S/C8H13N7/c1-5-7(11-4-10-5)3-9-6(2)8-12-14-15-13-8/h4,6,9H,3H2,1-2H3,(H,10,11)(H,12,13,14,15). The van der Waals surface area contributed by atoms with E-state index in [9.17, 15) is 0 Å². The number of hydrogen-bond donors (Lipinski definition) is 3. The Hall–Kier alpha value is -1.76. The largest absolute Gasteiger partial charge is 0.348 e. The molecule has 2 heterocycles. The highest BCUT2D eigenvalue weighted by molar-refractivity contribution is 5.08. The van der Waals surface area contributed by atoms with Crippen LogP contribution in [0.25, 0.3) is 0 Å². The second-order valence-corrected chi connectivity index (χ2v) is 3.35. The molecule has 0 bridgehead atoms. The molecule has 3 N–H and O–H groups in total. The summed E-state index contributed by atoms with van der Waals surface area (Å²) in [6, 6.07) is 0.0554. The molecule has 15 heavy (non-hydrogen) atoms. The van der Waals surface area contributed by atoms with Gasteiger partial charge in [0.2, 0.25) is 0 Å².